The van der Waals surface area contributed by atoms with Crippen molar-refractivity contribution in [3.63, 3.8) is 0 Å². The van der Waals surface area contributed by atoms with E-state index in [1.807, 2.05) is 30.3 Å². The fraction of sp³-hybridized carbons (Fsp3) is 0.579. The lowest BCUT2D eigenvalue weighted by Gasteiger charge is -2.39. The number of H-pyrrole nitrogens is 1. The molecule has 2 aromatic carbocycles. The van der Waals surface area contributed by atoms with Crippen LogP contribution in [0.25, 0.3) is 10.9 Å². The molecule has 3 aromatic rings. The number of likely N-dealkylation sites (tertiary alicyclic amines) is 1. The molecule has 2 heterocycles. The van der Waals surface area contributed by atoms with E-state index in [0.717, 1.165) is 66.6 Å². The number of aromatic amines is 1. The number of nitrogens with zero attached hydrogens (tertiary/aromatic N) is 1. The molecule has 1 fully saturated rings. The van der Waals surface area contributed by atoms with Crippen LogP contribution in [0.2, 0.25) is 18.1 Å². The van der Waals surface area contributed by atoms with Crippen molar-refractivity contribution in [3.05, 3.63) is 68.9 Å². The molecule has 4 N–H and O–H groups in total. The number of aromatic hydroxyl groups is 1. The number of rotatable bonds is 17. The van der Waals surface area contributed by atoms with Crippen LogP contribution < -0.4 is 16.2 Å². The number of pyridine rings is 1. The molecule has 270 valence electrons. The highest BCUT2D eigenvalue weighted by Crippen LogP contribution is 2.41. The SMILES string of the molecule is CC(C)(C)[Si](C)(C)O[C@H](CNCCCCCCCCCN1CCC(OC(=O)Nc2ccccc2Br)CC1)c1ccc(O)c2[nH]c(=O)ccc12. The Bertz CT molecular complexity index is 1550. The van der Waals surface area contributed by atoms with E-state index in [9.17, 15) is 14.7 Å². The monoisotopic (exact) mass is 756 g/mol. The number of fused-ring (bicyclic) bond motifs is 1. The second-order valence-electron chi connectivity index (χ2n) is 14.9. The number of aromatic nitrogens is 1. The number of carbonyl (C=O) groups excluding carboxylic acids is 1. The van der Waals surface area contributed by atoms with E-state index < -0.39 is 8.32 Å². The summed E-state index contributed by atoms with van der Waals surface area (Å²) in [6.07, 6.45) is 9.72. The van der Waals surface area contributed by atoms with Crippen LogP contribution in [0.3, 0.4) is 0 Å². The van der Waals surface area contributed by atoms with E-state index in [1.165, 1.54) is 44.6 Å². The number of hydrogen-bond donors (Lipinski definition) is 4. The van der Waals surface area contributed by atoms with Gasteiger partial charge < -0.3 is 29.5 Å². The number of ether oxygens (including phenoxy) is 1. The van der Waals surface area contributed by atoms with Crippen molar-refractivity contribution in [2.75, 3.05) is 38.0 Å². The van der Waals surface area contributed by atoms with Gasteiger partial charge in [0.25, 0.3) is 0 Å². The Morgan fingerprint density at radius 2 is 1.67 bits per heavy atom. The number of hydrogen-bond acceptors (Lipinski definition) is 7. The topological polar surface area (TPSA) is 116 Å². The molecule has 1 aromatic heterocycles. The van der Waals surface area contributed by atoms with Gasteiger partial charge in [0, 0.05) is 35.6 Å². The van der Waals surface area contributed by atoms with Gasteiger partial charge in [-0.25, -0.2) is 4.79 Å². The van der Waals surface area contributed by atoms with Crippen molar-refractivity contribution >= 4 is 46.9 Å². The Balaban J connectivity index is 1.09. The van der Waals surface area contributed by atoms with Crippen molar-refractivity contribution in [1.82, 2.24) is 15.2 Å². The van der Waals surface area contributed by atoms with E-state index >= 15 is 0 Å². The third-order valence-corrected chi connectivity index (χ3v) is 15.3. The van der Waals surface area contributed by atoms with Crippen LogP contribution >= 0.6 is 15.9 Å². The van der Waals surface area contributed by atoms with Gasteiger partial charge in [-0.3, -0.25) is 10.1 Å². The lowest BCUT2D eigenvalue weighted by atomic mass is 10.0. The van der Waals surface area contributed by atoms with Crippen LogP contribution in [0.15, 0.2) is 57.8 Å². The van der Waals surface area contributed by atoms with Gasteiger partial charge in [0.2, 0.25) is 5.56 Å². The highest BCUT2D eigenvalue weighted by molar-refractivity contribution is 9.10. The third-order valence-electron chi connectivity index (χ3n) is 10.1. The fourth-order valence-corrected chi connectivity index (χ4v) is 7.75. The van der Waals surface area contributed by atoms with Crippen LogP contribution in [0.1, 0.15) is 90.2 Å². The summed E-state index contributed by atoms with van der Waals surface area (Å²) < 4.78 is 13.4. The molecule has 4 rings (SSSR count). The molecule has 0 radical (unpaired) electrons. The van der Waals surface area contributed by atoms with Gasteiger partial charge in [-0.05, 0) is 103 Å². The third kappa shape index (κ3) is 11.9. The number of piperidine rings is 1. The van der Waals surface area contributed by atoms with Gasteiger partial charge in [0.05, 0.1) is 17.3 Å². The fourth-order valence-electron chi connectivity index (χ4n) is 6.09. The van der Waals surface area contributed by atoms with Gasteiger partial charge in [0.15, 0.2) is 8.32 Å². The summed E-state index contributed by atoms with van der Waals surface area (Å²) in [5.74, 6) is 0.0708. The molecule has 1 aliphatic rings. The number of carbonyl (C=O) groups is 1. The minimum Gasteiger partial charge on any atom is -0.506 e. The highest BCUT2D eigenvalue weighted by Gasteiger charge is 2.39. The molecule has 49 heavy (non-hydrogen) atoms. The van der Waals surface area contributed by atoms with Gasteiger partial charge in [-0.1, -0.05) is 71.1 Å². The molecule has 0 spiro atoms. The Labute approximate surface area is 301 Å². The Morgan fingerprint density at radius 3 is 2.37 bits per heavy atom. The number of unbranched alkanes of at least 4 members (excludes halogenated alkanes) is 6. The zero-order valence-corrected chi connectivity index (χ0v) is 32.7. The van der Waals surface area contributed by atoms with Gasteiger partial charge in [0.1, 0.15) is 11.9 Å². The molecule has 0 saturated carbocycles. The Morgan fingerprint density at radius 1 is 1.00 bits per heavy atom. The van der Waals surface area contributed by atoms with E-state index in [0.29, 0.717) is 12.1 Å². The number of nitrogens with one attached hydrogen (secondary N) is 3. The zero-order valence-electron chi connectivity index (χ0n) is 30.1. The van der Waals surface area contributed by atoms with Crippen molar-refractivity contribution in [2.45, 2.75) is 109 Å². The number of benzene rings is 2. The summed E-state index contributed by atoms with van der Waals surface area (Å²) in [4.78, 5) is 29.6. The average Bonchev–Trinajstić information content (AvgIpc) is 3.05. The number of amides is 1. The zero-order chi connectivity index (χ0) is 35.4. The average molecular weight is 758 g/mol. The largest absolute Gasteiger partial charge is 0.506 e. The molecule has 9 nitrogen and oxygen atoms in total. The summed E-state index contributed by atoms with van der Waals surface area (Å²) in [5, 5.41) is 17.8. The van der Waals surface area contributed by atoms with Crippen molar-refractivity contribution in [2.24, 2.45) is 0 Å². The van der Waals surface area contributed by atoms with Crippen LogP contribution in [0.4, 0.5) is 10.5 Å². The first-order chi connectivity index (χ1) is 23.3. The molecule has 1 atom stereocenters. The minimum absolute atomic E-state index is 0.0247. The molecular formula is C38H57BrN4O5Si. The summed E-state index contributed by atoms with van der Waals surface area (Å²) in [5.41, 5.74) is 1.93. The van der Waals surface area contributed by atoms with E-state index in [4.69, 9.17) is 9.16 Å². The second-order valence-corrected chi connectivity index (χ2v) is 20.5. The molecule has 0 aliphatic carbocycles. The Kier molecular flexibility index (Phi) is 14.8. The van der Waals surface area contributed by atoms with E-state index in [-0.39, 0.29) is 34.6 Å². The first-order valence-corrected chi connectivity index (χ1v) is 21.7. The minimum atomic E-state index is -2.09. The Hall–Kier alpha value is -2.70. The maximum atomic E-state index is 12.3. The number of anilines is 1. The molecule has 1 saturated heterocycles. The van der Waals surface area contributed by atoms with E-state index in [1.54, 1.807) is 12.1 Å². The van der Waals surface area contributed by atoms with E-state index in [2.05, 4.69) is 70.3 Å². The van der Waals surface area contributed by atoms with Gasteiger partial charge in [-0.2, -0.15) is 0 Å². The van der Waals surface area contributed by atoms with Crippen LogP contribution in [-0.2, 0) is 9.16 Å². The molecule has 0 bridgehead atoms. The second kappa shape index (κ2) is 18.5. The predicted octanol–water partition coefficient (Wildman–Crippen LogP) is 9.09. The molecule has 11 heteroatoms. The van der Waals surface area contributed by atoms with Gasteiger partial charge >= 0.3 is 6.09 Å². The standard InChI is InChI=1S/C38H57BrN4O5Si/c1-38(2,3)49(4,5)48-34(29-17-19-33(44)36-30(29)18-20-35(45)42-36)27-40-23-13-9-7-6-8-10-14-24-43-25-21-28(22-26-43)47-37(46)41-32-16-12-11-15-31(32)39/h11-12,15-20,28,34,40,44H,6-10,13-14,21-27H2,1-5H3,(H,41,46)(H,42,45)/t34-/m1/s1. The summed E-state index contributed by atoms with van der Waals surface area (Å²) in [7, 11) is -2.09. The van der Waals surface area contributed by atoms with Crippen LogP contribution in [0.5, 0.6) is 5.75 Å². The molecule has 1 aliphatic heterocycles. The highest BCUT2D eigenvalue weighted by atomic mass is 79.9. The van der Waals surface area contributed by atoms with Crippen molar-refractivity contribution in [3.8, 4) is 5.75 Å². The maximum absolute atomic E-state index is 12.3. The lowest BCUT2D eigenvalue weighted by molar-refractivity contribution is 0.0584. The molecule has 0 unspecified atom stereocenters. The van der Waals surface area contributed by atoms with Gasteiger partial charge in [-0.15, -0.1) is 0 Å². The summed E-state index contributed by atoms with van der Waals surface area (Å²) >= 11 is 3.45. The van der Waals surface area contributed by atoms with Crippen molar-refractivity contribution in [1.29, 1.82) is 0 Å². The smallest absolute Gasteiger partial charge is 0.411 e. The molecular weight excluding hydrogens is 700 g/mol. The quantitative estimate of drug-likeness (QED) is 0.0802. The number of halogens is 1. The molecule has 1 amide bonds. The first kappa shape index (κ1) is 39.1. The number of phenols is 1. The number of para-hydroxylation sites is 1. The summed E-state index contributed by atoms with van der Waals surface area (Å²) in [6.45, 7) is 15.9. The lowest BCUT2D eigenvalue weighted by Crippen LogP contribution is -2.43. The predicted molar refractivity (Wildman–Crippen MR) is 206 cm³/mol. The maximum Gasteiger partial charge on any atom is 0.411 e. The van der Waals surface area contributed by atoms with Crippen LogP contribution in [0, 0.1) is 0 Å². The van der Waals surface area contributed by atoms with Crippen molar-refractivity contribution < 1.29 is 19.1 Å². The number of phenolic OH excluding ortho intramolecular Hbond substituents is 1. The summed E-state index contributed by atoms with van der Waals surface area (Å²) in [6, 6.07) is 14.4. The first-order valence-electron chi connectivity index (χ1n) is 18.0. The normalized spacial score (nSPS) is 15.4. The van der Waals surface area contributed by atoms with Crippen LogP contribution in [-0.4, -0.2) is 68.2 Å².